The first-order chi connectivity index (χ1) is 7.93. The molecule has 0 aliphatic heterocycles. The lowest BCUT2D eigenvalue weighted by atomic mass is 9.85. The van der Waals surface area contributed by atoms with E-state index >= 15 is 0 Å². The van der Waals surface area contributed by atoms with Crippen LogP contribution < -0.4 is 11.1 Å². The van der Waals surface area contributed by atoms with E-state index in [4.69, 9.17) is 10.5 Å². The Hall–Kier alpha value is -0.770. The third kappa shape index (κ3) is 4.94. The Kier molecular flexibility index (Phi) is 5.25. The molecule has 0 heterocycles. The molecule has 0 aromatic heterocycles. The van der Waals surface area contributed by atoms with Gasteiger partial charge in [0.05, 0.1) is 0 Å². The highest BCUT2D eigenvalue weighted by atomic mass is 16.6. The minimum atomic E-state index is -0.287. The molecule has 0 bridgehead atoms. The van der Waals surface area contributed by atoms with E-state index in [1.165, 1.54) is 12.8 Å². The third-order valence-electron chi connectivity index (χ3n) is 3.37. The van der Waals surface area contributed by atoms with Crippen LogP contribution in [0.2, 0.25) is 0 Å². The first-order valence-electron chi connectivity index (χ1n) is 6.60. The molecular formula is C13H26N2O2. The fourth-order valence-electron chi connectivity index (χ4n) is 2.22. The van der Waals surface area contributed by atoms with Crippen molar-refractivity contribution >= 4 is 6.09 Å². The second kappa shape index (κ2) is 6.24. The van der Waals surface area contributed by atoms with Crippen LogP contribution in [-0.2, 0) is 4.74 Å². The Balaban J connectivity index is 2.40. The summed E-state index contributed by atoms with van der Waals surface area (Å²) < 4.78 is 5.39. The van der Waals surface area contributed by atoms with Crippen molar-refractivity contribution in [1.82, 2.24) is 5.32 Å². The van der Waals surface area contributed by atoms with Crippen molar-refractivity contribution in [2.24, 2.45) is 11.1 Å². The first kappa shape index (κ1) is 14.3. The summed E-state index contributed by atoms with van der Waals surface area (Å²) in [6.07, 6.45) is 4.96. The molecule has 0 aromatic carbocycles. The Morgan fingerprint density at radius 2 is 2.00 bits per heavy atom. The van der Waals surface area contributed by atoms with Gasteiger partial charge in [-0.2, -0.15) is 0 Å². The summed E-state index contributed by atoms with van der Waals surface area (Å²) in [5.41, 5.74) is 5.58. The van der Waals surface area contributed by atoms with E-state index in [0.717, 1.165) is 19.3 Å². The van der Waals surface area contributed by atoms with E-state index in [2.05, 4.69) is 26.1 Å². The standard InChI is InChI=1S/C13H26N2O2/c1-13(2,3)11(8-9-14)15-12(16)17-10-6-4-5-7-10/h10-11H,4-9,14H2,1-3H3,(H,15,16). The molecular weight excluding hydrogens is 216 g/mol. The molecule has 0 aromatic rings. The number of hydrogen-bond donors (Lipinski definition) is 2. The van der Waals surface area contributed by atoms with Crippen molar-refractivity contribution in [3.63, 3.8) is 0 Å². The summed E-state index contributed by atoms with van der Waals surface area (Å²) >= 11 is 0. The summed E-state index contributed by atoms with van der Waals surface area (Å²) in [5.74, 6) is 0. The fourth-order valence-corrected chi connectivity index (χ4v) is 2.22. The average molecular weight is 242 g/mol. The number of alkyl carbamates (subject to hydrolysis) is 1. The zero-order valence-corrected chi connectivity index (χ0v) is 11.3. The molecule has 0 radical (unpaired) electrons. The highest BCUT2D eigenvalue weighted by molar-refractivity contribution is 5.68. The van der Waals surface area contributed by atoms with E-state index in [9.17, 15) is 4.79 Å². The predicted molar refractivity (Wildman–Crippen MR) is 68.8 cm³/mol. The van der Waals surface area contributed by atoms with E-state index in [1.807, 2.05) is 0 Å². The van der Waals surface area contributed by atoms with E-state index < -0.39 is 0 Å². The van der Waals surface area contributed by atoms with Gasteiger partial charge in [0.25, 0.3) is 0 Å². The van der Waals surface area contributed by atoms with Gasteiger partial charge in [0.2, 0.25) is 0 Å². The second-order valence-electron chi connectivity index (χ2n) is 5.95. The van der Waals surface area contributed by atoms with Crippen LogP contribution in [0.15, 0.2) is 0 Å². The molecule has 4 heteroatoms. The van der Waals surface area contributed by atoms with Crippen molar-refractivity contribution in [1.29, 1.82) is 0 Å². The van der Waals surface area contributed by atoms with Crippen molar-refractivity contribution < 1.29 is 9.53 Å². The zero-order valence-electron chi connectivity index (χ0n) is 11.3. The lowest BCUT2D eigenvalue weighted by Gasteiger charge is -2.31. The summed E-state index contributed by atoms with van der Waals surface area (Å²) in [5, 5.41) is 2.94. The Morgan fingerprint density at radius 3 is 2.47 bits per heavy atom. The number of nitrogens with two attached hydrogens (primary N) is 1. The number of rotatable bonds is 4. The molecule has 1 aliphatic rings. The van der Waals surface area contributed by atoms with Crippen LogP contribution in [0, 0.1) is 5.41 Å². The van der Waals surface area contributed by atoms with Crippen LogP contribution >= 0.6 is 0 Å². The van der Waals surface area contributed by atoms with Gasteiger partial charge in [-0.1, -0.05) is 20.8 Å². The molecule has 1 amide bonds. The minimum absolute atomic E-state index is 0.00800. The molecule has 1 saturated carbocycles. The average Bonchev–Trinajstić information content (AvgIpc) is 2.68. The maximum atomic E-state index is 11.8. The quantitative estimate of drug-likeness (QED) is 0.795. The Bertz CT molecular complexity index is 242. The molecule has 17 heavy (non-hydrogen) atoms. The van der Waals surface area contributed by atoms with Gasteiger partial charge in [-0.05, 0) is 44.1 Å². The number of amides is 1. The Morgan fingerprint density at radius 1 is 1.41 bits per heavy atom. The van der Waals surface area contributed by atoms with Crippen LogP contribution in [0.5, 0.6) is 0 Å². The lowest BCUT2D eigenvalue weighted by Crippen LogP contribution is -2.45. The normalized spacial score (nSPS) is 19.1. The second-order valence-corrected chi connectivity index (χ2v) is 5.95. The lowest BCUT2D eigenvalue weighted by molar-refractivity contribution is 0.0907. The number of carbonyl (C=O) groups is 1. The van der Waals surface area contributed by atoms with Crippen LogP contribution in [0.3, 0.4) is 0 Å². The summed E-state index contributed by atoms with van der Waals surface area (Å²) in [6, 6.07) is 0.0707. The monoisotopic (exact) mass is 242 g/mol. The largest absolute Gasteiger partial charge is 0.446 e. The number of nitrogens with one attached hydrogen (secondary N) is 1. The van der Waals surface area contributed by atoms with Crippen LogP contribution in [0.1, 0.15) is 52.9 Å². The van der Waals surface area contributed by atoms with Gasteiger partial charge < -0.3 is 15.8 Å². The van der Waals surface area contributed by atoms with Crippen molar-refractivity contribution in [2.75, 3.05) is 6.54 Å². The smallest absolute Gasteiger partial charge is 0.407 e. The van der Waals surface area contributed by atoms with Gasteiger partial charge in [0.1, 0.15) is 6.10 Å². The van der Waals surface area contributed by atoms with Crippen LogP contribution in [0.25, 0.3) is 0 Å². The summed E-state index contributed by atoms with van der Waals surface area (Å²) in [6.45, 7) is 6.88. The van der Waals surface area contributed by atoms with E-state index in [1.54, 1.807) is 0 Å². The minimum Gasteiger partial charge on any atom is -0.446 e. The van der Waals surface area contributed by atoms with Crippen molar-refractivity contribution in [2.45, 2.75) is 65.0 Å². The van der Waals surface area contributed by atoms with Gasteiger partial charge in [-0.15, -0.1) is 0 Å². The van der Waals surface area contributed by atoms with Gasteiger partial charge in [0, 0.05) is 6.04 Å². The van der Waals surface area contributed by atoms with Crippen LogP contribution in [0.4, 0.5) is 4.79 Å². The first-order valence-corrected chi connectivity index (χ1v) is 6.60. The predicted octanol–water partition coefficient (Wildman–Crippen LogP) is 2.42. The van der Waals surface area contributed by atoms with Crippen molar-refractivity contribution in [3.05, 3.63) is 0 Å². The molecule has 0 spiro atoms. The third-order valence-corrected chi connectivity index (χ3v) is 3.37. The van der Waals surface area contributed by atoms with Gasteiger partial charge in [0.15, 0.2) is 0 Å². The molecule has 1 fully saturated rings. The molecule has 1 rings (SSSR count). The maximum absolute atomic E-state index is 11.8. The highest BCUT2D eigenvalue weighted by Crippen LogP contribution is 2.23. The molecule has 100 valence electrons. The molecule has 1 aliphatic carbocycles. The van der Waals surface area contributed by atoms with Gasteiger partial charge >= 0.3 is 6.09 Å². The number of carbonyl (C=O) groups excluding carboxylic acids is 1. The molecule has 1 atom stereocenters. The van der Waals surface area contributed by atoms with Crippen LogP contribution in [-0.4, -0.2) is 24.8 Å². The van der Waals surface area contributed by atoms with E-state index in [0.29, 0.717) is 6.54 Å². The maximum Gasteiger partial charge on any atom is 0.407 e. The number of ether oxygens (including phenoxy) is 1. The SMILES string of the molecule is CC(C)(C)C(CCN)NC(=O)OC1CCCC1. The van der Waals surface area contributed by atoms with Gasteiger partial charge in [-0.25, -0.2) is 4.79 Å². The molecule has 1 unspecified atom stereocenters. The van der Waals surface area contributed by atoms with E-state index in [-0.39, 0.29) is 23.7 Å². The molecule has 3 N–H and O–H groups in total. The molecule has 4 nitrogen and oxygen atoms in total. The Labute approximate surface area is 104 Å². The molecule has 0 saturated heterocycles. The number of hydrogen-bond acceptors (Lipinski definition) is 3. The summed E-state index contributed by atoms with van der Waals surface area (Å²) in [4.78, 5) is 11.8. The summed E-state index contributed by atoms with van der Waals surface area (Å²) in [7, 11) is 0. The van der Waals surface area contributed by atoms with Crippen molar-refractivity contribution in [3.8, 4) is 0 Å². The zero-order chi connectivity index (χ0) is 12.9. The fraction of sp³-hybridized carbons (Fsp3) is 0.923. The van der Waals surface area contributed by atoms with Gasteiger partial charge in [-0.3, -0.25) is 0 Å². The highest BCUT2D eigenvalue weighted by Gasteiger charge is 2.27. The topological polar surface area (TPSA) is 64.3 Å².